The zero-order valence-electron chi connectivity index (χ0n) is 8.15. The normalized spacial score (nSPS) is 11.5. The number of sulfonamides is 1. The summed E-state index contributed by atoms with van der Waals surface area (Å²) in [6, 6.07) is 3.85. The third-order valence-electron chi connectivity index (χ3n) is 1.70. The van der Waals surface area contributed by atoms with Crippen molar-refractivity contribution >= 4 is 15.7 Å². The monoisotopic (exact) mass is 253 g/mol. The Balaban J connectivity index is 3.15. The van der Waals surface area contributed by atoms with Gasteiger partial charge in [-0.05, 0) is 12.1 Å². The average molecular weight is 253 g/mol. The highest BCUT2D eigenvalue weighted by Crippen LogP contribution is 2.34. The number of aromatic hydroxyl groups is 1. The van der Waals surface area contributed by atoms with Gasteiger partial charge in [-0.2, -0.15) is 8.78 Å². The van der Waals surface area contributed by atoms with E-state index in [1.54, 1.807) is 4.72 Å². The number of hydrogen-bond donors (Lipinski definition) is 2. The Morgan fingerprint density at radius 2 is 2.06 bits per heavy atom. The first-order valence-corrected chi connectivity index (χ1v) is 5.59. The first-order chi connectivity index (χ1) is 7.38. The Kier molecular flexibility index (Phi) is 3.53. The van der Waals surface area contributed by atoms with E-state index in [0.29, 0.717) is 0 Å². The van der Waals surface area contributed by atoms with Crippen molar-refractivity contribution in [2.45, 2.75) is 5.76 Å². The molecule has 5 nitrogen and oxygen atoms in total. The first-order valence-electron chi connectivity index (χ1n) is 4.04. The number of hydrogen-bond acceptors (Lipinski definition) is 4. The molecule has 0 aliphatic carbocycles. The highest BCUT2D eigenvalue weighted by atomic mass is 32.2. The van der Waals surface area contributed by atoms with Crippen LogP contribution >= 0.6 is 0 Å². The minimum Gasteiger partial charge on any atom is -0.506 e. The molecule has 1 aromatic carbocycles. The first kappa shape index (κ1) is 12.5. The van der Waals surface area contributed by atoms with Gasteiger partial charge < -0.3 is 9.84 Å². The Labute approximate surface area is 90.7 Å². The van der Waals surface area contributed by atoms with Crippen molar-refractivity contribution < 1.29 is 27.0 Å². The van der Waals surface area contributed by atoms with Crippen molar-refractivity contribution in [1.82, 2.24) is 0 Å². The van der Waals surface area contributed by atoms with Crippen LogP contribution in [0.2, 0.25) is 0 Å². The second-order valence-electron chi connectivity index (χ2n) is 2.76. The largest absolute Gasteiger partial charge is 0.506 e. The van der Waals surface area contributed by atoms with Crippen LogP contribution in [0.3, 0.4) is 0 Å². The van der Waals surface area contributed by atoms with E-state index in [0.717, 1.165) is 6.07 Å². The maximum absolute atomic E-state index is 12.1. The van der Waals surface area contributed by atoms with E-state index in [9.17, 15) is 22.3 Å². The molecule has 16 heavy (non-hydrogen) atoms. The van der Waals surface area contributed by atoms with Crippen LogP contribution in [0.5, 0.6) is 11.5 Å². The topological polar surface area (TPSA) is 75.6 Å². The maximum atomic E-state index is 12.1. The fourth-order valence-electron chi connectivity index (χ4n) is 0.979. The zero-order chi connectivity index (χ0) is 12.3. The number of phenolic OH excluding ortho intramolecular Hbond substituents is 1. The van der Waals surface area contributed by atoms with Gasteiger partial charge in [0.25, 0.3) is 10.0 Å². The van der Waals surface area contributed by atoms with E-state index in [-0.39, 0.29) is 5.75 Å². The molecule has 0 aliphatic heterocycles. The summed E-state index contributed by atoms with van der Waals surface area (Å²) in [7, 11) is -3.61. The molecule has 2 N–H and O–H groups in total. The van der Waals surface area contributed by atoms with Crippen molar-refractivity contribution in [3.8, 4) is 11.5 Å². The lowest BCUT2D eigenvalue weighted by Gasteiger charge is -2.12. The lowest BCUT2D eigenvalue weighted by atomic mass is 10.3. The van der Waals surface area contributed by atoms with E-state index in [1.807, 2.05) is 0 Å². The van der Waals surface area contributed by atoms with Gasteiger partial charge >= 0.3 is 5.76 Å². The predicted molar refractivity (Wildman–Crippen MR) is 53.2 cm³/mol. The molecule has 0 aromatic heterocycles. The van der Waals surface area contributed by atoms with Crippen LogP contribution in [-0.2, 0) is 10.0 Å². The number of para-hydroxylation sites is 1. The third-order valence-corrected chi connectivity index (χ3v) is 2.66. The van der Waals surface area contributed by atoms with Crippen molar-refractivity contribution in [3.63, 3.8) is 0 Å². The van der Waals surface area contributed by atoms with Crippen LogP contribution in [0.15, 0.2) is 18.2 Å². The number of rotatable bonds is 4. The number of halogens is 2. The molecule has 0 bridgehead atoms. The summed E-state index contributed by atoms with van der Waals surface area (Å²) < 4.78 is 52.2. The fourth-order valence-corrected chi connectivity index (χ4v) is 1.56. The Bertz CT molecular complexity index is 475. The average Bonchev–Trinajstić information content (AvgIpc) is 2.20. The molecule has 0 saturated carbocycles. The van der Waals surface area contributed by atoms with E-state index in [2.05, 4.69) is 0 Å². The maximum Gasteiger partial charge on any atom is 0.355 e. The van der Waals surface area contributed by atoms with Gasteiger partial charge in [-0.15, -0.1) is 0 Å². The molecule has 90 valence electrons. The minimum absolute atomic E-state index is 0.0516. The number of benzene rings is 1. The Morgan fingerprint density at radius 3 is 2.56 bits per heavy atom. The SMILES string of the molecule is COc1cccc(O)c1NS(=O)(=O)C(F)F. The molecule has 0 heterocycles. The third kappa shape index (κ3) is 2.51. The van der Waals surface area contributed by atoms with Crippen LogP contribution < -0.4 is 9.46 Å². The number of methoxy groups -OCH3 is 1. The van der Waals surface area contributed by atoms with E-state index >= 15 is 0 Å². The van der Waals surface area contributed by atoms with Gasteiger partial charge in [0.05, 0.1) is 7.11 Å². The number of nitrogens with one attached hydrogen (secondary N) is 1. The molecule has 0 radical (unpaired) electrons. The van der Waals surface area contributed by atoms with Crippen LogP contribution in [-0.4, -0.2) is 26.4 Å². The van der Waals surface area contributed by atoms with Gasteiger partial charge in [0.15, 0.2) is 0 Å². The molecule has 1 aromatic rings. The zero-order valence-corrected chi connectivity index (χ0v) is 8.96. The molecular formula is C8H9F2NO4S. The molecule has 0 saturated heterocycles. The van der Waals surface area contributed by atoms with Crippen molar-refractivity contribution in [2.75, 3.05) is 11.8 Å². The lowest BCUT2D eigenvalue weighted by molar-refractivity contribution is 0.236. The van der Waals surface area contributed by atoms with E-state index < -0.39 is 27.2 Å². The van der Waals surface area contributed by atoms with Crippen molar-refractivity contribution in [2.24, 2.45) is 0 Å². The summed E-state index contributed by atoms with van der Waals surface area (Å²) in [6.07, 6.45) is 0. The molecule has 0 atom stereocenters. The van der Waals surface area contributed by atoms with Gasteiger partial charge in [0, 0.05) is 0 Å². The molecule has 1 rings (SSSR count). The standard InChI is InChI=1S/C8H9F2NO4S/c1-15-6-4-2-3-5(12)7(6)11-16(13,14)8(9)10/h2-4,8,11-12H,1H3. The van der Waals surface area contributed by atoms with Crippen LogP contribution in [0.25, 0.3) is 0 Å². The molecule has 0 amide bonds. The number of ether oxygens (including phenoxy) is 1. The number of alkyl halides is 2. The molecule has 0 aliphatic rings. The molecule has 0 fully saturated rings. The van der Waals surface area contributed by atoms with E-state index in [1.165, 1.54) is 19.2 Å². The summed E-state index contributed by atoms with van der Waals surface area (Å²) in [5.41, 5.74) is -0.412. The van der Waals surface area contributed by atoms with Crippen LogP contribution in [0.1, 0.15) is 0 Å². The van der Waals surface area contributed by atoms with Gasteiger partial charge in [-0.25, -0.2) is 8.42 Å². The van der Waals surface area contributed by atoms with Gasteiger partial charge in [-0.1, -0.05) is 6.07 Å². The quantitative estimate of drug-likeness (QED) is 0.794. The molecule has 0 unspecified atom stereocenters. The van der Waals surface area contributed by atoms with Crippen molar-refractivity contribution in [1.29, 1.82) is 0 Å². The van der Waals surface area contributed by atoms with Crippen LogP contribution in [0.4, 0.5) is 14.5 Å². The summed E-state index contributed by atoms with van der Waals surface area (Å²) in [6.45, 7) is 0. The highest BCUT2D eigenvalue weighted by molar-refractivity contribution is 7.93. The van der Waals surface area contributed by atoms with Gasteiger partial charge in [-0.3, -0.25) is 4.72 Å². The van der Waals surface area contributed by atoms with E-state index in [4.69, 9.17) is 4.74 Å². The lowest BCUT2D eigenvalue weighted by Crippen LogP contribution is -2.20. The summed E-state index contributed by atoms with van der Waals surface area (Å²) in [5.74, 6) is -4.13. The Hall–Kier alpha value is -1.57. The van der Waals surface area contributed by atoms with Crippen molar-refractivity contribution in [3.05, 3.63) is 18.2 Å². The smallest absolute Gasteiger partial charge is 0.355 e. The summed E-state index contributed by atoms with van der Waals surface area (Å²) in [5, 5.41) is 9.32. The number of anilines is 1. The fraction of sp³-hybridized carbons (Fsp3) is 0.250. The molecular weight excluding hydrogens is 244 g/mol. The second kappa shape index (κ2) is 4.52. The summed E-state index contributed by atoms with van der Waals surface area (Å²) >= 11 is 0. The predicted octanol–water partition coefficient (Wildman–Crippen LogP) is 1.37. The molecule has 0 spiro atoms. The number of phenols is 1. The van der Waals surface area contributed by atoms with Gasteiger partial charge in [0.1, 0.15) is 17.2 Å². The minimum atomic E-state index is -4.83. The second-order valence-corrected chi connectivity index (χ2v) is 4.41. The Morgan fingerprint density at radius 1 is 1.44 bits per heavy atom. The molecule has 8 heteroatoms. The summed E-state index contributed by atoms with van der Waals surface area (Å²) in [4.78, 5) is 0. The highest BCUT2D eigenvalue weighted by Gasteiger charge is 2.26. The van der Waals surface area contributed by atoms with Crippen LogP contribution in [0, 0.1) is 0 Å². The van der Waals surface area contributed by atoms with Gasteiger partial charge in [0.2, 0.25) is 0 Å².